The fraction of sp³-hybridized carbons (Fsp3) is 0.150. The van der Waals surface area contributed by atoms with E-state index in [0.717, 1.165) is 29.1 Å². The second kappa shape index (κ2) is 8.80. The molecular formula is C20H19FN4O3S2. The number of carbonyl (C=O) groups is 1. The molecule has 1 amide bonds. The molecule has 1 heterocycles. The fourth-order valence-electron chi connectivity index (χ4n) is 2.53. The summed E-state index contributed by atoms with van der Waals surface area (Å²) in [5.41, 5.74) is 7.74. The second-order valence-electron chi connectivity index (χ2n) is 6.47. The van der Waals surface area contributed by atoms with Crippen LogP contribution in [0.2, 0.25) is 0 Å². The van der Waals surface area contributed by atoms with Crippen LogP contribution >= 0.6 is 11.8 Å². The second-order valence-corrected chi connectivity index (χ2v) is 9.33. The third-order valence-electron chi connectivity index (χ3n) is 4.32. The van der Waals surface area contributed by atoms with Gasteiger partial charge in [0.05, 0.1) is 22.5 Å². The summed E-state index contributed by atoms with van der Waals surface area (Å²) in [4.78, 5) is 19.9. The third-order valence-corrected chi connectivity index (χ3v) is 6.95. The minimum Gasteiger partial charge on any atom is -0.382 e. The first-order valence-corrected chi connectivity index (χ1v) is 11.3. The zero-order valence-electron chi connectivity index (χ0n) is 16.2. The molecule has 10 heteroatoms. The van der Waals surface area contributed by atoms with Crippen molar-refractivity contribution in [3.8, 4) is 0 Å². The number of aromatic nitrogens is 2. The summed E-state index contributed by atoms with van der Waals surface area (Å²) in [6, 6.07) is 10.6. The summed E-state index contributed by atoms with van der Waals surface area (Å²) in [5.74, 6) is -1.31. The van der Waals surface area contributed by atoms with Crippen molar-refractivity contribution in [2.45, 2.75) is 28.8 Å². The maximum absolute atomic E-state index is 13.6. The predicted molar refractivity (Wildman–Crippen MR) is 114 cm³/mol. The number of hydrogen-bond donors (Lipinski definition) is 2. The first-order chi connectivity index (χ1) is 14.2. The Kier molecular flexibility index (Phi) is 6.37. The van der Waals surface area contributed by atoms with E-state index in [1.807, 2.05) is 13.8 Å². The van der Waals surface area contributed by atoms with Gasteiger partial charge in [0.2, 0.25) is 15.7 Å². The molecule has 3 N–H and O–H groups in total. The van der Waals surface area contributed by atoms with Gasteiger partial charge in [-0.25, -0.2) is 22.8 Å². The summed E-state index contributed by atoms with van der Waals surface area (Å²) in [5, 5.41) is 2.58. The normalized spacial score (nSPS) is 11.3. The summed E-state index contributed by atoms with van der Waals surface area (Å²) >= 11 is 0.956. The first kappa shape index (κ1) is 21.7. The number of nitrogens with zero attached hydrogens (tertiary/aromatic N) is 2. The van der Waals surface area contributed by atoms with Crippen LogP contribution in [-0.4, -0.2) is 30.0 Å². The van der Waals surface area contributed by atoms with Crippen LogP contribution in [0.25, 0.3) is 0 Å². The molecule has 0 spiro atoms. The lowest BCUT2D eigenvalue weighted by atomic mass is 10.1. The molecule has 0 bridgehead atoms. The Balaban J connectivity index is 1.72. The number of nitrogens with one attached hydrogen (secondary N) is 1. The minimum absolute atomic E-state index is 0.0679. The van der Waals surface area contributed by atoms with E-state index in [4.69, 9.17) is 5.73 Å². The molecule has 0 saturated heterocycles. The molecule has 3 rings (SSSR count). The Morgan fingerprint density at radius 1 is 1.17 bits per heavy atom. The van der Waals surface area contributed by atoms with E-state index >= 15 is 0 Å². The highest BCUT2D eigenvalue weighted by Gasteiger charge is 2.23. The van der Waals surface area contributed by atoms with Gasteiger partial charge in [0.1, 0.15) is 16.5 Å². The van der Waals surface area contributed by atoms with E-state index in [-0.39, 0.29) is 32.2 Å². The highest BCUT2D eigenvalue weighted by Crippen LogP contribution is 2.27. The maximum atomic E-state index is 13.6. The number of amides is 1. The molecule has 0 aliphatic carbocycles. The molecule has 0 unspecified atom stereocenters. The molecule has 2 aromatic carbocycles. The number of para-hydroxylation sites is 1. The predicted octanol–water partition coefficient (Wildman–Crippen LogP) is 3.38. The zero-order valence-corrected chi connectivity index (χ0v) is 17.8. The number of halogens is 1. The van der Waals surface area contributed by atoms with Gasteiger partial charge in [-0.3, -0.25) is 4.79 Å². The van der Waals surface area contributed by atoms with Gasteiger partial charge in [0.15, 0.2) is 5.16 Å². The lowest BCUT2D eigenvalue weighted by Crippen LogP contribution is -2.15. The average molecular weight is 447 g/mol. The van der Waals surface area contributed by atoms with Crippen LogP contribution in [0, 0.1) is 19.7 Å². The van der Waals surface area contributed by atoms with Gasteiger partial charge in [-0.2, -0.15) is 0 Å². The zero-order chi connectivity index (χ0) is 21.9. The van der Waals surface area contributed by atoms with Crippen LogP contribution in [0.3, 0.4) is 0 Å². The average Bonchev–Trinajstić information content (AvgIpc) is 2.70. The smallest absolute Gasteiger partial charge is 0.234 e. The van der Waals surface area contributed by atoms with Crippen LogP contribution in [-0.2, 0) is 14.6 Å². The molecule has 0 aliphatic heterocycles. The Morgan fingerprint density at radius 2 is 1.90 bits per heavy atom. The number of nitrogen functional groups attached to an aromatic ring is 1. The SMILES string of the molecule is Cc1ccc(S(=O)(=O)c2cnc(SCC(=O)Nc3ccccc3F)nc2N)cc1C. The number of thioether (sulfide) groups is 1. The van der Waals surface area contributed by atoms with E-state index in [0.29, 0.717) is 0 Å². The van der Waals surface area contributed by atoms with E-state index in [2.05, 4.69) is 15.3 Å². The third kappa shape index (κ3) is 4.77. The number of nitrogens with two attached hydrogens (primary N) is 1. The quantitative estimate of drug-likeness (QED) is 0.441. The molecular weight excluding hydrogens is 427 g/mol. The van der Waals surface area contributed by atoms with Gasteiger partial charge in [-0.1, -0.05) is 30.0 Å². The Hall–Kier alpha value is -2.98. The van der Waals surface area contributed by atoms with Crippen molar-refractivity contribution in [1.29, 1.82) is 0 Å². The van der Waals surface area contributed by atoms with Crippen molar-refractivity contribution < 1.29 is 17.6 Å². The number of anilines is 2. The highest BCUT2D eigenvalue weighted by molar-refractivity contribution is 7.99. The van der Waals surface area contributed by atoms with E-state index < -0.39 is 21.6 Å². The summed E-state index contributed by atoms with van der Waals surface area (Å²) < 4.78 is 39.3. The molecule has 0 radical (unpaired) electrons. The molecule has 0 aliphatic rings. The molecule has 3 aromatic rings. The Morgan fingerprint density at radius 3 is 2.57 bits per heavy atom. The molecule has 7 nitrogen and oxygen atoms in total. The van der Waals surface area contributed by atoms with Gasteiger partial charge in [0.25, 0.3) is 0 Å². The van der Waals surface area contributed by atoms with E-state index in [9.17, 15) is 17.6 Å². The molecule has 0 atom stereocenters. The van der Waals surface area contributed by atoms with Gasteiger partial charge in [-0.15, -0.1) is 0 Å². The Bertz CT molecular complexity index is 1220. The number of carbonyl (C=O) groups excluding carboxylic acids is 1. The highest BCUT2D eigenvalue weighted by atomic mass is 32.2. The number of sulfone groups is 1. The van der Waals surface area contributed by atoms with Gasteiger partial charge in [-0.05, 0) is 49.2 Å². The van der Waals surface area contributed by atoms with Gasteiger partial charge < -0.3 is 11.1 Å². The number of benzene rings is 2. The molecule has 1 aromatic heterocycles. The standard InChI is InChI=1S/C20H19FN4O3S2/c1-12-7-8-14(9-13(12)2)30(27,28)17-10-23-20(25-19(17)22)29-11-18(26)24-16-6-4-3-5-15(16)21/h3-10H,11H2,1-2H3,(H,24,26)(H2,22,23,25). The number of hydrogen-bond acceptors (Lipinski definition) is 7. The topological polar surface area (TPSA) is 115 Å². The molecule has 0 saturated carbocycles. The summed E-state index contributed by atoms with van der Waals surface area (Å²) in [6.07, 6.45) is 1.13. The van der Waals surface area contributed by atoms with Crippen LogP contribution in [0.5, 0.6) is 0 Å². The fourth-order valence-corrected chi connectivity index (χ4v) is 4.50. The number of rotatable bonds is 6. The monoisotopic (exact) mass is 446 g/mol. The van der Waals surface area contributed by atoms with Crippen molar-refractivity contribution in [2.75, 3.05) is 16.8 Å². The van der Waals surface area contributed by atoms with Crippen molar-refractivity contribution in [3.05, 3.63) is 65.6 Å². The van der Waals surface area contributed by atoms with Crippen molar-refractivity contribution in [3.63, 3.8) is 0 Å². The van der Waals surface area contributed by atoms with Crippen LogP contribution in [0.1, 0.15) is 11.1 Å². The van der Waals surface area contributed by atoms with E-state index in [1.165, 1.54) is 24.3 Å². The minimum atomic E-state index is -3.88. The van der Waals surface area contributed by atoms with E-state index in [1.54, 1.807) is 18.2 Å². The van der Waals surface area contributed by atoms with Crippen molar-refractivity contribution in [2.24, 2.45) is 0 Å². The molecule has 0 fully saturated rings. The van der Waals surface area contributed by atoms with Crippen LogP contribution < -0.4 is 11.1 Å². The lowest BCUT2D eigenvalue weighted by molar-refractivity contribution is -0.113. The first-order valence-electron chi connectivity index (χ1n) is 8.80. The molecule has 156 valence electrons. The van der Waals surface area contributed by atoms with Gasteiger partial charge in [0, 0.05) is 0 Å². The lowest BCUT2D eigenvalue weighted by Gasteiger charge is -2.10. The van der Waals surface area contributed by atoms with Crippen molar-refractivity contribution >= 4 is 39.0 Å². The van der Waals surface area contributed by atoms with Crippen LogP contribution in [0.15, 0.2) is 63.6 Å². The number of aryl methyl sites for hydroxylation is 2. The van der Waals surface area contributed by atoms with Crippen LogP contribution in [0.4, 0.5) is 15.9 Å². The van der Waals surface area contributed by atoms with Gasteiger partial charge >= 0.3 is 0 Å². The molecule has 30 heavy (non-hydrogen) atoms. The summed E-state index contributed by atoms with van der Waals surface area (Å²) in [6.45, 7) is 3.71. The largest absolute Gasteiger partial charge is 0.382 e. The van der Waals surface area contributed by atoms with Crippen molar-refractivity contribution in [1.82, 2.24) is 9.97 Å². The maximum Gasteiger partial charge on any atom is 0.234 e. The summed E-state index contributed by atoms with van der Waals surface area (Å²) in [7, 11) is -3.88. The Labute approximate surface area is 177 Å².